The summed E-state index contributed by atoms with van der Waals surface area (Å²) in [5.41, 5.74) is 5.26. The summed E-state index contributed by atoms with van der Waals surface area (Å²) in [4.78, 5) is 26.2. The Balaban J connectivity index is 1.48. The van der Waals surface area contributed by atoms with Gasteiger partial charge in [-0.25, -0.2) is 9.67 Å². The average Bonchev–Trinajstić information content (AvgIpc) is 3.41. The number of morpholine rings is 1. The quantitative estimate of drug-likeness (QED) is 0.265. The van der Waals surface area contributed by atoms with E-state index in [1.165, 1.54) is 0 Å². The highest BCUT2D eigenvalue weighted by atomic mass is 16.5. The summed E-state index contributed by atoms with van der Waals surface area (Å²) in [6, 6.07) is 15.8. The van der Waals surface area contributed by atoms with Crippen molar-refractivity contribution in [2.75, 3.05) is 63.0 Å². The van der Waals surface area contributed by atoms with E-state index in [1.807, 2.05) is 63.6 Å². The number of rotatable bonds is 11. The fourth-order valence-electron chi connectivity index (χ4n) is 4.92. The average molecular weight is 571 g/mol. The highest BCUT2D eigenvalue weighted by Crippen LogP contribution is 2.38. The van der Waals surface area contributed by atoms with Crippen molar-refractivity contribution >= 4 is 28.9 Å². The maximum atomic E-state index is 12.6. The molecule has 0 aliphatic carbocycles. The molecule has 0 radical (unpaired) electrons. The molecule has 2 aromatic carbocycles. The smallest absolute Gasteiger partial charge is 0.229 e. The van der Waals surface area contributed by atoms with E-state index in [2.05, 4.69) is 37.6 Å². The number of hydrogen-bond donors (Lipinski definition) is 2. The number of carbonyl (C=O) groups excluding carboxylic acids is 1. The molecule has 1 aliphatic heterocycles. The predicted octanol–water partition coefficient (Wildman–Crippen LogP) is 4.72. The van der Waals surface area contributed by atoms with E-state index >= 15 is 0 Å². The third kappa shape index (κ3) is 6.87. The van der Waals surface area contributed by atoms with Crippen molar-refractivity contribution in [2.24, 2.45) is 0 Å². The highest BCUT2D eigenvalue weighted by Gasteiger charge is 2.21. The first-order valence-electron chi connectivity index (χ1n) is 14.2. The van der Waals surface area contributed by atoms with Crippen LogP contribution in [0.25, 0.3) is 17.1 Å². The van der Waals surface area contributed by atoms with E-state index in [0.717, 1.165) is 48.6 Å². The van der Waals surface area contributed by atoms with Crippen LogP contribution in [0, 0.1) is 0 Å². The van der Waals surface area contributed by atoms with E-state index in [1.54, 1.807) is 18.0 Å². The second-order valence-electron chi connectivity index (χ2n) is 10.4. The molecular weight excluding hydrogens is 532 g/mol. The molecule has 1 saturated heterocycles. The van der Waals surface area contributed by atoms with Gasteiger partial charge in [0.05, 0.1) is 43.1 Å². The first-order chi connectivity index (χ1) is 20.4. The molecule has 1 aliphatic rings. The molecule has 2 aromatic heterocycles. The summed E-state index contributed by atoms with van der Waals surface area (Å²) in [5, 5.41) is 11.3. The third-order valence-electron chi connectivity index (χ3n) is 6.87. The second kappa shape index (κ2) is 13.5. The van der Waals surface area contributed by atoms with Crippen molar-refractivity contribution in [3.63, 3.8) is 0 Å². The minimum Gasteiger partial charge on any atom is -0.494 e. The largest absolute Gasteiger partial charge is 0.494 e. The fraction of sp³-hybridized carbons (Fsp3) is 0.355. The van der Waals surface area contributed by atoms with Crippen LogP contribution < -0.4 is 20.3 Å². The number of carbonyl (C=O) groups is 1. The zero-order valence-corrected chi connectivity index (χ0v) is 24.6. The van der Waals surface area contributed by atoms with Gasteiger partial charge in [-0.2, -0.15) is 10.1 Å². The number of benzene rings is 2. The lowest BCUT2D eigenvalue weighted by Crippen LogP contribution is -2.36. The van der Waals surface area contributed by atoms with Crippen LogP contribution in [0.2, 0.25) is 0 Å². The van der Waals surface area contributed by atoms with Crippen molar-refractivity contribution < 1.29 is 14.3 Å². The lowest BCUT2D eigenvalue weighted by atomic mass is 10.1. The van der Waals surface area contributed by atoms with Crippen molar-refractivity contribution in [1.82, 2.24) is 24.6 Å². The van der Waals surface area contributed by atoms with Crippen LogP contribution in [0.3, 0.4) is 0 Å². The highest BCUT2D eigenvalue weighted by molar-refractivity contribution is 5.96. The lowest BCUT2D eigenvalue weighted by Gasteiger charge is -2.31. The molecule has 11 heteroatoms. The number of nitrogens with zero attached hydrogens (tertiary/aromatic N) is 6. The summed E-state index contributed by atoms with van der Waals surface area (Å²) in [6.45, 7) is 5.42. The Morgan fingerprint density at radius 2 is 1.88 bits per heavy atom. The Morgan fingerprint density at radius 3 is 2.60 bits per heavy atom. The summed E-state index contributed by atoms with van der Waals surface area (Å²) in [6.07, 6.45) is 4.90. The monoisotopic (exact) mass is 570 g/mol. The minimum atomic E-state index is -0.0391. The first-order valence-corrected chi connectivity index (χ1v) is 14.2. The molecule has 0 unspecified atom stereocenters. The van der Waals surface area contributed by atoms with Crippen LogP contribution in [-0.2, 0) is 16.1 Å². The molecule has 220 valence electrons. The molecule has 0 spiro atoms. The van der Waals surface area contributed by atoms with Crippen molar-refractivity contribution in [3.8, 4) is 22.8 Å². The van der Waals surface area contributed by atoms with Crippen LogP contribution >= 0.6 is 0 Å². The Morgan fingerprint density at radius 1 is 1.10 bits per heavy atom. The van der Waals surface area contributed by atoms with Crippen molar-refractivity contribution in [2.45, 2.75) is 26.3 Å². The molecule has 1 fully saturated rings. The van der Waals surface area contributed by atoms with Crippen LogP contribution in [0.5, 0.6) is 5.75 Å². The van der Waals surface area contributed by atoms with Gasteiger partial charge in [0.15, 0.2) is 5.82 Å². The molecule has 2 N–H and O–H groups in total. The van der Waals surface area contributed by atoms with Crippen LogP contribution in [0.1, 0.15) is 25.3 Å². The maximum absolute atomic E-state index is 12.6. The predicted molar refractivity (Wildman–Crippen MR) is 165 cm³/mol. The van der Waals surface area contributed by atoms with Crippen LogP contribution in [0.15, 0.2) is 60.9 Å². The van der Waals surface area contributed by atoms with E-state index in [0.29, 0.717) is 48.5 Å². The Kier molecular flexibility index (Phi) is 9.30. The minimum absolute atomic E-state index is 0.0391. The van der Waals surface area contributed by atoms with E-state index < -0.39 is 0 Å². The second-order valence-corrected chi connectivity index (χ2v) is 10.4. The van der Waals surface area contributed by atoms with Gasteiger partial charge >= 0.3 is 0 Å². The van der Waals surface area contributed by atoms with Gasteiger partial charge in [0.1, 0.15) is 5.75 Å². The molecule has 5 rings (SSSR count). The van der Waals surface area contributed by atoms with Crippen molar-refractivity contribution in [1.29, 1.82) is 0 Å². The van der Waals surface area contributed by atoms with E-state index in [-0.39, 0.29) is 5.91 Å². The van der Waals surface area contributed by atoms with Gasteiger partial charge < -0.3 is 29.9 Å². The summed E-state index contributed by atoms with van der Waals surface area (Å²) < 4.78 is 13.1. The summed E-state index contributed by atoms with van der Waals surface area (Å²) in [5.74, 6) is 1.57. The number of anilines is 4. The lowest BCUT2D eigenvalue weighted by molar-refractivity contribution is -0.116. The zero-order valence-electron chi connectivity index (χ0n) is 24.6. The molecule has 0 atom stereocenters. The third-order valence-corrected chi connectivity index (χ3v) is 6.87. The van der Waals surface area contributed by atoms with E-state index in [4.69, 9.17) is 19.6 Å². The molecule has 0 saturated carbocycles. The Bertz CT molecular complexity index is 1500. The number of aromatic nitrogens is 4. The Hall–Kier alpha value is -4.48. The Labute approximate surface area is 246 Å². The normalized spacial score (nSPS) is 13.3. The van der Waals surface area contributed by atoms with Crippen molar-refractivity contribution in [3.05, 3.63) is 66.5 Å². The number of amides is 1. The van der Waals surface area contributed by atoms with Gasteiger partial charge in [-0.15, -0.1) is 0 Å². The molecule has 1 amide bonds. The molecule has 3 heterocycles. The molecular formula is C31H38N8O3. The zero-order chi connectivity index (χ0) is 29.5. The van der Waals surface area contributed by atoms with Gasteiger partial charge in [0, 0.05) is 61.7 Å². The van der Waals surface area contributed by atoms with Gasteiger partial charge in [-0.05, 0) is 26.6 Å². The topological polar surface area (TPSA) is 110 Å². The fourth-order valence-corrected chi connectivity index (χ4v) is 4.92. The van der Waals surface area contributed by atoms with Gasteiger partial charge in [-0.3, -0.25) is 4.79 Å². The van der Waals surface area contributed by atoms with Gasteiger partial charge in [0.25, 0.3) is 0 Å². The summed E-state index contributed by atoms with van der Waals surface area (Å²) in [7, 11) is 5.70. The maximum Gasteiger partial charge on any atom is 0.229 e. The number of nitrogens with one attached hydrogen (secondary N) is 2. The molecule has 0 bridgehead atoms. The molecule has 4 aromatic rings. The molecule has 42 heavy (non-hydrogen) atoms. The number of methoxy groups -OCH3 is 1. The van der Waals surface area contributed by atoms with Crippen LogP contribution in [0.4, 0.5) is 23.0 Å². The number of hydrogen-bond acceptors (Lipinski definition) is 9. The SMILES string of the molecule is CCCC(=O)Nc1cc(Nc2nccc(-n3cc(CN(C)C)c(-c4ccccc4)n3)n2)c(OC)cc1N1CCOCC1. The standard InChI is InChI=1S/C31H38N8O3/c1-5-9-29(40)33-24-18-25(27(41-4)19-26(24)38-14-16-42-17-15-38)34-31-32-13-12-28(35-31)39-21-23(20-37(2)3)30(36-39)22-10-7-6-8-11-22/h6-8,10-13,18-19,21H,5,9,14-17,20H2,1-4H3,(H,33,40)(H,32,34,35). The van der Waals surface area contributed by atoms with E-state index in [9.17, 15) is 4.79 Å². The number of ether oxygens (including phenoxy) is 2. The van der Waals surface area contributed by atoms with Gasteiger partial charge in [0.2, 0.25) is 11.9 Å². The summed E-state index contributed by atoms with van der Waals surface area (Å²) >= 11 is 0. The van der Waals surface area contributed by atoms with Crippen LogP contribution in [-0.4, -0.2) is 78.1 Å². The molecule has 11 nitrogen and oxygen atoms in total. The first kappa shape index (κ1) is 29.0. The van der Waals surface area contributed by atoms with Gasteiger partial charge in [-0.1, -0.05) is 37.3 Å².